The number of hydrogen-bond donors (Lipinski definition) is 2. The SMILES string of the molecule is COc1cccc([C@H]2CC(=O)NC(NC(=O)c3cccnc3)=N2)c1OC. The highest BCUT2D eigenvalue weighted by atomic mass is 16.5. The lowest BCUT2D eigenvalue weighted by molar-refractivity contribution is -0.120. The van der Waals surface area contributed by atoms with Crippen LogP contribution in [0.4, 0.5) is 0 Å². The molecule has 1 aliphatic rings. The van der Waals surface area contributed by atoms with Crippen molar-refractivity contribution in [1.82, 2.24) is 15.6 Å². The Bertz CT molecular complexity index is 852. The molecule has 1 aromatic carbocycles. The molecule has 8 nitrogen and oxygen atoms in total. The van der Waals surface area contributed by atoms with Crippen LogP contribution >= 0.6 is 0 Å². The Labute approximate surface area is 150 Å². The lowest BCUT2D eigenvalue weighted by Gasteiger charge is -2.23. The van der Waals surface area contributed by atoms with E-state index in [1.165, 1.54) is 20.4 Å². The van der Waals surface area contributed by atoms with Gasteiger partial charge >= 0.3 is 0 Å². The first-order chi connectivity index (χ1) is 12.6. The average molecular weight is 354 g/mol. The molecule has 3 rings (SSSR count). The molecule has 2 aromatic rings. The minimum absolute atomic E-state index is 0.0879. The molecule has 1 atom stereocenters. The van der Waals surface area contributed by atoms with Crippen LogP contribution < -0.4 is 20.1 Å². The number of rotatable bonds is 4. The quantitative estimate of drug-likeness (QED) is 0.865. The molecule has 2 heterocycles. The van der Waals surface area contributed by atoms with Gasteiger partial charge in [-0.05, 0) is 18.2 Å². The van der Waals surface area contributed by atoms with Gasteiger partial charge < -0.3 is 9.47 Å². The highest BCUT2D eigenvalue weighted by Crippen LogP contribution is 2.37. The fourth-order valence-electron chi connectivity index (χ4n) is 2.69. The van der Waals surface area contributed by atoms with Crippen molar-refractivity contribution in [2.24, 2.45) is 4.99 Å². The number of carbonyl (C=O) groups is 2. The number of nitrogens with zero attached hydrogens (tertiary/aromatic N) is 2. The number of ether oxygens (including phenoxy) is 2. The number of guanidine groups is 1. The monoisotopic (exact) mass is 354 g/mol. The summed E-state index contributed by atoms with van der Waals surface area (Å²) in [6.07, 6.45) is 3.14. The summed E-state index contributed by atoms with van der Waals surface area (Å²) in [7, 11) is 3.07. The van der Waals surface area contributed by atoms with Gasteiger partial charge in [0.15, 0.2) is 11.5 Å². The van der Waals surface area contributed by atoms with E-state index >= 15 is 0 Å². The summed E-state index contributed by atoms with van der Waals surface area (Å²) >= 11 is 0. The smallest absolute Gasteiger partial charge is 0.259 e. The summed E-state index contributed by atoms with van der Waals surface area (Å²) in [5.74, 6) is 0.486. The van der Waals surface area contributed by atoms with Gasteiger partial charge in [0.2, 0.25) is 11.9 Å². The minimum atomic E-state index is -0.502. The van der Waals surface area contributed by atoms with Crippen LogP contribution in [0.1, 0.15) is 28.4 Å². The maximum atomic E-state index is 12.3. The van der Waals surface area contributed by atoms with E-state index in [0.29, 0.717) is 22.6 Å². The molecule has 0 aliphatic carbocycles. The van der Waals surface area contributed by atoms with Gasteiger partial charge in [-0.15, -0.1) is 0 Å². The average Bonchev–Trinajstić information content (AvgIpc) is 2.67. The first-order valence-corrected chi connectivity index (χ1v) is 7.92. The number of aliphatic imine (C=N–C) groups is 1. The first-order valence-electron chi connectivity index (χ1n) is 7.92. The maximum absolute atomic E-state index is 12.3. The van der Waals surface area contributed by atoms with Crippen molar-refractivity contribution in [1.29, 1.82) is 0 Å². The predicted octanol–water partition coefficient (Wildman–Crippen LogP) is 1.45. The molecule has 0 spiro atoms. The Kier molecular flexibility index (Phi) is 5.12. The first kappa shape index (κ1) is 17.4. The standard InChI is InChI=1S/C18H18N4O4/c1-25-14-7-3-6-12(16(14)26-2)13-9-15(23)21-18(20-13)22-17(24)11-5-4-8-19-10-11/h3-8,10,13H,9H2,1-2H3,(H2,20,21,22,23,24)/t13-/m1/s1. The third-order valence-corrected chi connectivity index (χ3v) is 3.87. The zero-order valence-electron chi connectivity index (χ0n) is 14.4. The number of nitrogens with one attached hydrogen (secondary N) is 2. The number of carbonyl (C=O) groups excluding carboxylic acids is 2. The maximum Gasteiger partial charge on any atom is 0.259 e. The highest BCUT2D eigenvalue weighted by molar-refractivity contribution is 6.10. The summed E-state index contributed by atoms with van der Waals surface area (Å²) in [6.45, 7) is 0. The molecule has 0 radical (unpaired) electrons. The van der Waals surface area contributed by atoms with E-state index in [1.54, 1.807) is 30.5 Å². The van der Waals surface area contributed by atoms with E-state index in [4.69, 9.17) is 9.47 Å². The van der Waals surface area contributed by atoms with E-state index in [-0.39, 0.29) is 18.3 Å². The van der Waals surface area contributed by atoms with Crippen molar-refractivity contribution in [3.8, 4) is 11.5 Å². The molecular weight excluding hydrogens is 336 g/mol. The van der Waals surface area contributed by atoms with Gasteiger partial charge in [-0.1, -0.05) is 12.1 Å². The molecule has 1 aliphatic heterocycles. The Morgan fingerprint density at radius 3 is 2.77 bits per heavy atom. The predicted molar refractivity (Wildman–Crippen MR) is 94.2 cm³/mol. The van der Waals surface area contributed by atoms with E-state index < -0.39 is 11.9 Å². The van der Waals surface area contributed by atoms with Gasteiger partial charge in [-0.2, -0.15) is 0 Å². The molecule has 0 unspecified atom stereocenters. The Morgan fingerprint density at radius 1 is 1.23 bits per heavy atom. The van der Waals surface area contributed by atoms with Crippen LogP contribution in [0.3, 0.4) is 0 Å². The zero-order chi connectivity index (χ0) is 18.5. The molecule has 26 heavy (non-hydrogen) atoms. The Hall–Kier alpha value is -3.42. The molecule has 2 N–H and O–H groups in total. The van der Waals surface area contributed by atoms with Crippen molar-refractivity contribution in [2.45, 2.75) is 12.5 Å². The third-order valence-electron chi connectivity index (χ3n) is 3.87. The number of aromatic nitrogens is 1. The highest BCUT2D eigenvalue weighted by Gasteiger charge is 2.27. The minimum Gasteiger partial charge on any atom is -0.493 e. The van der Waals surface area contributed by atoms with Crippen LogP contribution in [-0.2, 0) is 4.79 Å². The second kappa shape index (κ2) is 7.64. The molecule has 0 bridgehead atoms. The van der Waals surface area contributed by atoms with Gasteiger partial charge in [0.1, 0.15) is 0 Å². The summed E-state index contributed by atoms with van der Waals surface area (Å²) in [5.41, 5.74) is 1.07. The number of hydrogen-bond acceptors (Lipinski definition) is 6. The molecule has 0 saturated carbocycles. The molecule has 8 heteroatoms. The summed E-state index contributed by atoms with van der Waals surface area (Å²) in [5, 5.41) is 5.17. The van der Waals surface area contributed by atoms with Crippen LogP contribution in [0, 0.1) is 0 Å². The molecule has 0 fully saturated rings. The number of pyridine rings is 1. The van der Waals surface area contributed by atoms with Crippen molar-refractivity contribution in [3.05, 3.63) is 53.9 Å². The van der Waals surface area contributed by atoms with E-state index in [2.05, 4.69) is 20.6 Å². The lowest BCUT2D eigenvalue weighted by Crippen LogP contribution is -2.47. The van der Waals surface area contributed by atoms with Crippen LogP contribution in [0.25, 0.3) is 0 Å². The molecule has 2 amide bonds. The van der Waals surface area contributed by atoms with Crippen LogP contribution in [0.5, 0.6) is 11.5 Å². The zero-order valence-corrected chi connectivity index (χ0v) is 14.4. The van der Waals surface area contributed by atoms with Crippen LogP contribution in [0.2, 0.25) is 0 Å². The number of amides is 2. The van der Waals surface area contributed by atoms with Crippen molar-refractivity contribution in [3.63, 3.8) is 0 Å². The normalized spacial score (nSPS) is 16.3. The van der Waals surface area contributed by atoms with Gasteiger partial charge in [-0.25, -0.2) is 4.99 Å². The number of para-hydroxylation sites is 1. The van der Waals surface area contributed by atoms with Crippen LogP contribution in [-0.4, -0.2) is 37.0 Å². The number of methoxy groups -OCH3 is 2. The second-order valence-electron chi connectivity index (χ2n) is 5.52. The fourth-order valence-corrected chi connectivity index (χ4v) is 2.69. The second-order valence-corrected chi connectivity index (χ2v) is 5.52. The van der Waals surface area contributed by atoms with E-state index in [0.717, 1.165) is 0 Å². The van der Waals surface area contributed by atoms with Crippen LogP contribution in [0.15, 0.2) is 47.7 Å². The van der Waals surface area contributed by atoms with E-state index in [9.17, 15) is 9.59 Å². The summed E-state index contributed by atoms with van der Waals surface area (Å²) < 4.78 is 10.7. The summed E-state index contributed by atoms with van der Waals surface area (Å²) in [6, 6.07) is 8.15. The molecular formula is C18H18N4O4. The lowest BCUT2D eigenvalue weighted by atomic mass is 10.0. The summed E-state index contributed by atoms with van der Waals surface area (Å²) in [4.78, 5) is 32.7. The van der Waals surface area contributed by atoms with Gasteiger partial charge in [0, 0.05) is 18.0 Å². The van der Waals surface area contributed by atoms with Crippen molar-refractivity contribution >= 4 is 17.8 Å². The largest absolute Gasteiger partial charge is 0.493 e. The Morgan fingerprint density at radius 2 is 2.08 bits per heavy atom. The van der Waals surface area contributed by atoms with Gasteiger partial charge in [0.05, 0.1) is 32.2 Å². The van der Waals surface area contributed by atoms with Crippen molar-refractivity contribution < 1.29 is 19.1 Å². The molecule has 134 valence electrons. The van der Waals surface area contributed by atoms with Gasteiger partial charge in [-0.3, -0.25) is 25.2 Å². The molecule has 0 saturated heterocycles. The van der Waals surface area contributed by atoms with E-state index in [1.807, 2.05) is 6.07 Å². The Balaban J connectivity index is 1.88. The topological polar surface area (TPSA) is 102 Å². The van der Waals surface area contributed by atoms with Crippen molar-refractivity contribution in [2.75, 3.05) is 14.2 Å². The molecule has 1 aromatic heterocycles. The fraction of sp³-hybridized carbons (Fsp3) is 0.222. The van der Waals surface area contributed by atoms with Gasteiger partial charge in [0.25, 0.3) is 5.91 Å². The number of benzene rings is 1. The third kappa shape index (κ3) is 3.64.